The van der Waals surface area contributed by atoms with Gasteiger partial charge in [0.2, 0.25) is 0 Å². The third kappa shape index (κ3) is 5.06. The maximum absolute atomic E-state index is 14.0. The third-order valence-electron chi connectivity index (χ3n) is 5.84. The Morgan fingerprint density at radius 2 is 1.83 bits per heavy atom. The first-order valence-corrected chi connectivity index (χ1v) is 11.0. The molecule has 0 bridgehead atoms. The van der Waals surface area contributed by atoms with Crippen LogP contribution in [-0.4, -0.2) is 54.4 Å². The average molecular weight is 498 g/mol. The Hall–Kier alpha value is -3.86. The Morgan fingerprint density at radius 1 is 1.06 bits per heavy atom. The molecule has 3 aromatic carbocycles. The fourth-order valence-corrected chi connectivity index (χ4v) is 3.85. The molecule has 0 fully saturated rings. The zero-order valence-corrected chi connectivity index (χ0v) is 19.3. The van der Waals surface area contributed by atoms with Crippen LogP contribution in [0.15, 0.2) is 54.6 Å². The lowest BCUT2D eigenvalue weighted by Gasteiger charge is -2.30. The number of anilines is 2. The van der Waals surface area contributed by atoms with Crippen molar-refractivity contribution >= 4 is 23.1 Å². The van der Waals surface area contributed by atoms with Gasteiger partial charge in [0, 0.05) is 41.6 Å². The SMILES string of the molecule is COCC(CO)(CO)NC(=O)c1ccc2c(c1)C(=O)c1ccc(Nc3ccc(F)cc3F)cc1OC2. The van der Waals surface area contributed by atoms with Crippen molar-refractivity contribution in [3.63, 3.8) is 0 Å². The van der Waals surface area contributed by atoms with E-state index in [4.69, 9.17) is 9.47 Å². The van der Waals surface area contributed by atoms with Gasteiger partial charge < -0.3 is 30.3 Å². The van der Waals surface area contributed by atoms with E-state index in [1.165, 1.54) is 37.4 Å². The molecule has 0 spiro atoms. The summed E-state index contributed by atoms with van der Waals surface area (Å²) in [6.45, 7) is -1.17. The number of rotatable bonds is 8. The molecule has 36 heavy (non-hydrogen) atoms. The number of carbonyl (C=O) groups excluding carboxylic acids is 2. The average Bonchev–Trinajstić information content (AvgIpc) is 3.01. The number of methoxy groups -OCH3 is 1. The normalized spacial score (nSPS) is 12.8. The summed E-state index contributed by atoms with van der Waals surface area (Å²) in [6.07, 6.45) is 0. The largest absolute Gasteiger partial charge is 0.488 e. The second-order valence-corrected chi connectivity index (χ2v) is 8.43. The van der Waals surface area contributed by atoms with Crippen molar-refractivity contribution in [2.45, 2.75) is 12.1 Å². The van der Waals surface area contributed by atoms with Gasteiger partial charge in [-0.25, -0.2) is 8.78 Å². The molecule has 1 aliphatic rings. The van der Waals surface area contributed by atoms with Gasteiger partial charge in [-0.2, -0.15) is 0 Å². The summed E-state index contributed by atoms with van der Waals surface area (Å²) in [4.78, 5) is 26.2. The number of aliphatic hydroxyl groups is 2. The molecule has 4 rings (SSSR count). The zero-order chi connectivity index (χ0) is 25.9. The van der Waals surface area contributed by atoms with Crippen LogP contribution in [0.1, 0.15) is 31.8 Å². The Kier molecular flexibility index (Phi) is 7.30. The van der Waals surface area contributed by atoms with E-state index in [0.717, 1.165) is 12.1 Å². The first kappa shape index (κ1) is 25.2. The molecule has 0 atom stereocenters. The molecule has 0 unspecified atom stereocenters. The van der Waals surface area contributed by atoms with Crippen molar-refractivity contribution in [3.8, 4) is 5.75 Å². The highest BCUT2D eigenvalue weighted by Crippen LogP contribution is 2.33. The molecule has 0 saturated carbocycles. The number of carbonyl (C=O) groups is 2. The molecule has 1 aliphatic heterocycles. The number of amides is 1. The van der Waals surface area contributed by atoms with Crippen LogP contribution in [0.5, 0.6) is 5.75 Å². The number of benzene rings is 3. The minimum Gasteiger partial charge on any atom is -0.488 e. The first-order chi connectivity index (χ1) is 17.3. The topological polar surface area (TPSA) is 117 Å². The summed E-state index contributed by atoms with van der Waals surface area (Å²) in [5.41, 5.74) is 0.322. The van der Waals surface area contributed by atoms with Crippen LogP contribution in [0.4, 0.5) is 20.2 Å². The van der Waals surface area contributed by atoms with E-state index >= 15 is 0 Å². The summed E-state index contributed by atoms with van der Waals surface area (Å²) in [5, 5.41) is 24.7. The zero-order valence-electron chi connectivity index (χ0n) is 19.3. The maximum atomic E-state index is 14.0. The molecule has 3 aromatic rings. The molecule has 0 saturated heterocycles. The fraction of sp³-hybridized carbons (Fsp3) is 0.231. The number of halogens is 2. The van der Waals surface area contributed by atoms with E-state index in [1.807, 2.05) is 0 Å². The molecule has 1 heterocycles. The Bertz CT molecular complexity index is 1310. The number of hydrogen-bond donors (Lipinski definition) is 4. The number of hydrogen-bond acceptors (Lipinski definition) is 7. The smallest absolute Gasteiger partial charge is 0.251 e. The van der Waals surface area contributed by atoms with Gasteiger partial charge in [0.05, 0.1) is 31.1 Å². The van der Waals surface area contributed by atoms with Crippen molar-refractivity contribution in [1.82, 2.24) is 5.32 Å². The van der Waals surface area contributed by atoms with Crippen molar-refractivity contribution < 1.29 is 38.1 Å². The Labute approximate surface area is 205 Å². The molecular formula is C26H24F2N2O6. The summed E-state index contributed by atoms with van der Waals surface area (Å²) in [6, 6.07) is 12.3. The van der Waals surface area contributed by atoms with Crippen LogP contribution in [0.25, 0.3) is 0 Å². The summed E-state index contributed by atoms with van der Waals surface area (Å²) in [7, 11) is 1.38. The molecule has 4 N–H and O–H groups in total. The Morgan fingerprint density at radius 3 is 2.53 bits per heavy atom. The molecular weight excluding hydrogens is 474 g/mol. The highest BCUT2D eigenvalue weighted by atomic mass is 19.1. The van der Waals surface area contributed by atoms with E-state index in [1.54, 1.807) is 12.1 Å². The maximum Gasteiger partial charge on any atom is 0.251 e. The molecule has 8 nitrogen and oxygen atoms in total. The lowest BCUT2D eigenvalue weighted by Crippen LogP contribution is -2.57. The minimum atomic E-state index is -1.38. The first-order valence-electron chi connectivity index (χ1n) is 11.0. The van der Waals surface area contributed by atoms with Gasteiger partial charge in [-0.1, -0.05) is 6.07 Å². The van der Waals surface area contributed by atoms with Gasteiger partial charge in [0.1, 0.15) is 29.5 Å². The number of aliphatic hydroxyl groups excluding tert-OH is 2. The van der Waals surface area contributed by atoms with Crippen LogP contribution in [-0.2, 0) is 11.3 Å². The van der Waals surface area contributed by atoms with E-state index in [0.29, 0.717) is 11.3 Å². The van der Waals surface area contributed by atoms with E-state index < -0.39 is 36.3 Å². The van der Waals surface area contributed by atoms with Gasteiger partial charge in [-0.15, -0.1) is 0 Å². The summed E-state index contributed by atoms with van der Waals surface area (Å²) in [5.74, 6) is -2.18. The van der Waals surface area contributed by atoms with Gasteiger partial charge in [-0.3, -0.25) is 9.59 Å². The summed E-state index contributed by atoms with van der Waals surface area (Å²) < 4.78 is 38.0. The number of fused-ring (bicyclic) bond motifs is 2. The predicted molar refractivity (Wildman–Crippen MR) is 127 cm³/mol. The van der Waals surface area contributed by atoms with Crippen molar-refractivity contribution in [2.75, 3.05) is 32.2 Å². The van der Waals surface area contributed by atoms with Crippen LogP contribution in [0, 0.1) is 11.6 Å². The highest BCUT2D eigenvalue weighted by Gasteiger charge is 2.32. The lowest BCUT2D eigenvalue weighted by atomic mass is 9.96. The van der Waals surface area contributed by atoms with E-state index in [2.05, 4.69) is 10.6 Å². The van der Waals surface area contributed by atoms with Crippen LogP contribution in [0.2, 0.25) is 0 Å². The number of nitrogens with one attached hydrogen (secondary N) is 2. The molecule has 0 aromatic heterocycles. The van der Waals surface area contributed by atoms with Crippen LogP contribution < -0.4 is 15.4 Å². The van der Waals surface area contributed by atoms with Crippen molar-refractivity contribution in [1.29, 1.82) is 0 Å². The standard InChI is InChI=1S/C26H24F2N2O6/c1-35-14-26(12-31,13-32)30-25(34)15-2-3-16-11-36-23-10-18(5-6-19(23)24(33)20(16)8-15)29-22-7-4-17(27)9-21(22)28/h2-10,29,31-32H,11-14H2,1H3,(H,30,34). The van der Waals surface area contributed by atoms with Crippen LogP contribution >= 0.6 is 0 Å². The monoisotopic (exact) mass is 498 g/mol. The minimum absolute atomic E-state index is 0.0469. The van der Waals surface area contributed by atoms with Gasteiger partial charge >= 0.3 is 0 Å². The number of ketones is 1. The molecule has 1 amide bonds. The van der Waals surface area contributed by atoms with Crippen molar-refractivity contribution in [3.05, 3.63) is 88.5 Å². The van der Waals surface area contributed by atoms with E-state index in [-0.39, 0.29) is 47.1 Å². The highest BCUT2D eigenvalue weighted by molar-refractivity contribution is 6.13. The molecule has 0 aliphatic carbocycles. The van der Waals surface area contributed by atoms with Crippen molar-refractivity contribution in [2.24, 2.45) is 0 Å². The van der Waals surface area contributed by atoms with Crippen LogP contribution in [0.3, 0.4) is 0 Å². The number of ether oxygens (including phenoxy) is 2. The fourth-order valence-electron chi connectivity index (χ4n) is 3.85. The van der Waals surface area contributed by atoms with Gasteiger partial charge in [-0.05, 0) is 36.4 Å². The summed E-state index contributed by atoms with van der Waals surface area (Å²) >= 11 is 0. The molecule has 10 heteroatoms. The van der Waals surface area contributed by atoms with E-state index in [9.17, 15) is 28.6 Å². The predicted octanol–water partition coefficient (Wildman–Crippen LogP) is 2.93. The quantitative estimate of drug-likeness (QED) is 0.377. The van der Waals surface area contributed by atoms with Gasteiger partial charge in [0.25, 0.3) is 5.91 Å². The second-order valence-electron chi connectivity index (χ2n) is 8.43. The van der Waals surface area contributed by atoms with Gasteiger partial charge in [0.15, 0.2) is 5.78 Å². The Balaban J connectivity index is 1.60. The third-order valence-corrected chi connectivity index (χ3v) is 5.84. The molecule has 188 valence electrons. The second kappa shape index (κ2) is 10.4. The molecule has 0 radical (unpaired) electrons. The lowest BCUT2D eigenvalue weighted by molar-refractivity contribution is 0.0221.